The second kappa shape index (κ2) is 11.2. The monoisotopic (exact) mass is 458 g/mol. The Balaban J connectivity index is 1.77. The predicted molar refractivity (Wildman–Crippen MR) is 132 cm³/mol. The summed E-state index contributed by atoms with van der Waals surface area (Å²) in [4.78, 5) is 30.5. The lowest BCUT2D eigenvalue weighted by molar-refractivity contribution is -0.131. The molecule has 1 aromatic heterocycles. The molecule has 1 saturated carbocycles. The van der Waals surface area contributed by atoms with Gasteiger partial charge < -0.3 is 16.4 Å². The number of aromatic nitrogens is 1. The molecule has 0 bridgehead atoms. The van der Waals surface area contributed by atoms with Crippen LogP contribution in [0, 0.1) is 11.8 Å². The number of rotatable bonds is 9. The van der Waals surface area contributed by atoms with E-state index in [1.54, 1.807) is 11.3 Å². The molecule has 0 aliphatic heterocycles. The number of benzene rings is 1. The zero-order chi connectivity index (χ0) is 23.3. The molecule has 0 unspecified atom stereocenters. The van der Waals surface area contributed by atoms with Gasteiger partial charge in [-0.3, -0.25) is 9.59 Å². The lowest BCUT2D eigenvalue weighted by Crippen LogP contribution is -2.54. The number of carbonyl (C=O) groups is 2. The molecule has 176 valence electrons. The Labute approximate surface area is 195 Å². The van der Waals surface area contributed by atoms with Crippen molar-refractivity contribution in [3.8, 4) is 0 Å². The van der Waals surface area contributed by atoms with Gasteiger partial charge in [0.15, 0.2) is 0 Å². The highest BCUT2D eigenvalue weighted by Gasteiger charge is 2.29. The topological polar surface area (TPSA) is 97.1 Å². The predicted octanol–water partition coefficient (Wildman–Crippen LogP) is 4.13. The van der Waals surface area contributed by atoms with Crippen molar-refractivity contribution in [3.05, 3.63) is 28.8 Å². The van der Waals surface area contributed by atoms with Crippen LogP contribution < -0.4 is 16.4 Å². The van der Waals surface area contributed by atoms with Crippen LogP contribution >= 0.6 is 11.3 Å². The summed E-state index contributed by atoms with van der Waals surface area (Å²) in [5.41, 5.74) is 8.24. The maximum absolute atomic E-state index is 13.3. The molecule has 1 fully saturated rings. The van der Waals surface area contributed by atoms with Crippen LogP contribution in [-0.4, -0.2) is 35.4 Å². The number of hydrogen-bond donors (Lipinski definition) is 3. The van der Waals surface area contributed by atoms with Crippen molar-refractivity contribution >= 4 is 33.4 Å². The molecule has 0 spiro atoms. The van der Waals surface area contributed by atoms with E-state index in [9.17, 15) is 9.59 Å². The van der Waals surface area contributed by atoms with Gasteiger partial charge in [0, 0.05) is 24.9 Å². The van der Waals surface area contributed by atoms with Gasteiger partial charge in [0.05, 0.1) is 15.2 Å². The minimum absolute atomic E-state index is 0.0507. The maximum atomic E-state index is 13.3. The number of fused-ring (bicyclic) bond motifs is 1. The Kier molecular flexibility index (Phi) is 8.65. The van der Waals surface area contributed by atoms with E-state index < -0.39 is 6.04 Å². The van der Waals surface area contributed by atoms with Gasteiger partial charge in [0.25, 0.3) is 0 Å². The SMILES string of the molecule is CC(C)C(=O)N[C@@H](Cc1nc2ccc(C(C)C)cc2s1)C(=O)N[C@H](CN)C1CCCCC1. The molecule has 3 rings (SSSR count). The molecule has 2 aromatic rings. The summed E-state index contributed by atoms with van der Waals surface area (Å²) >= 11 is 1.60. The summed E-state index contributed by atoms with van der Waals surface area (Å²) in [5, 5.41) is 6.96. The number of carbonyl (C=O) groups excluding carboxylic acids is 2. The first kappa shape index (κ1) is 24.6. The van der Waals surface area contributed by atoms with Crippen molar-refractivity contribution in [3.63, 3.8) is 0 Å². The van der Waals surface area contributed by atoms with Crippen molar-refractivity contribution < 1.29 is 9.59 Å². The summed E-state index contributed by atoms with van der Waals surface area (Å²) in [6, 6.07) is 5.62. The summed E-state index contributed by atoms with van der Waals surface area (Å²) < 4.78 is 1.11. The lowest BCUT2D eigenvalue weighted by atomic mass is 9.83. The number of nitrogens with one attached hydrogen (secondary N) is 2. The van der Waals surface area contributed by atoms with Gasteiger partial charge in [-0.05, 0) is 42.4 Å². The Bertz CT molecular complexity index is 918. The fraction of sp³-hybridized carbons (Fsp3) is 0.640. The Morgan fingerprint density at radius 2 is 1.81 bits per heavy atom. The Morgan fingerprint density at radius 1 is 1.09 bits per heavy atom. The number of amides is 2. The molecular weight excluding hydrogens is 420 g/mol. The average molecular weight is 459 g/mol. The number of nitrogens with two attached hydrogens (primary N) is 1. The van der Waals surface area contributed by atoms with Gasteiger partial charge in [-0.2, -0.15) is 0 Å². The Morgan fingerprint density at radius 3 is 2.44 bits per heavy atom. The number of thiazole rings is 1. The van der Waals surface area contributed by atoms with Crippen molar-refractivity contribution in [1.29, 1.82) is 0 Å². The molecule has 0 saturated heterocycles. The van der Waals surface area contributed by atoms with Crippen molar-refractivity contribution in [2.45, 2.75) is 84.2 Å². The highest BCUT2D eigenvalue weighted by molar-refractivity contribution is 7.18. The molecule has 0 radical (unpaired) electrons. The minimum Gasteiger partial charge on any atom is -0.350 e. The first-order valence-corrected chi connectivity index (χ1v) is 12.8. The molecule has 2 amide bonds. The summed E-state index contributed by atoms with van der Waals surface area (Å²) in [6.07, 6.45) is 6.21. The molecule has 32 heavy (non-hydrogen) atoms. The van der Waals surface area contributed by atoms with E-state index in [0.717, 1.165) is 28.1 Å². The van der Waals surface area contributed by atoms with Crippen LogP contribution in [0.1, 0.15) is 76.3 Å². The third-order valence-electron chi connectivity index (χ3n) is 6.46. The summed E-state index contributed by atoms with van der Waals surface area (Å²) in [6.45, 7) is 8.43. The smallest absolute Gasteiger partial charge is 0.243 e. The fourth-order valence-electron chi connectivity index (χ4n) is 4.35. The minimum atomic E-state index is -0.660. The van der Waals surface area contributed by atoms with Crippen molar-refractivity contribution in [1.82, 2.24) is 15.6 Å². The van der Waals surface area contributed by atoms with Gasteiger partial charge in [-0.1, -0.05) is 53.0 Å². The molecule has 1 heterocycles. The van der Waals surface area contributed by atoms with Gasteiger partial charge in [0.2, 0.25) is 11.8 Å². The van der Waals surface area contributed by atoms with E-state index in [-0.39, 0.29) is 23.8 Å². The van der Waals surface area contributed by atoms with E-state index in [1.165, 1.54) is 24.8 Å². The highest BCUT2D eigenvalue weighted by Crippen LogP contribution is 2.28. The summed E-state index contributed by atoms with van der Waals surface area (Å²) in [7, 11) is 0. The quantitative estimate of drug-likeness (QED) is 0.526. The van der Waals surface area contributed by atoms with Crippen LogP contribution in [0.4, 0.5) is 0 Å². The number of nitrogens with zero attached hydrogens (tertiary/aromatic N) is 1. The van der Waals surface area contributed by atoms with Crippen LogP contribution in [0.25, 0.3) is 10.2 Å². The zero-order valence-corrected chi connectivity index (χ0v) is 20.6. The highest BCUT2D eigenvalue weighted by atomic mass is 32.1. The third-order valence-corrected chi connectivity index (χ3v) is 7.50. The van der Waals surface area contributed by atoms with E-state index in [2.05, 4.69) is 36.6 Å². The van der Waals surface area contributed by atoms with Crippen molar-refractivity contribution in [2.24, 2.45) is 17.6 Å². The van der Waals surface area contributed by atoms with E-state index in [0.29, 0.717) is 24.8 Å². The second-order valence-electron chi connectivity index (χ2n) is 9.66. The second-order valence-corrected chi connectivity index (χ2v) is 10.8. The van der Waals surface area contributed by atoms with E-state index in [4.69, 9.17) is 10.7 Å². The maximum Gasteiger partial charge on any atom is 0.243 e. The normalized spacial score (nSPS) is 17.0. The van der Waals surface area contributed by atoms with Gasteiger partial charge in [-0.15, -0.1) is 11.3 Å². The molecule has 1 aliphatic carbocycles. The molecule has 2 atom stereocenters. The van der Waals surface area contributed by atoms with Gasteiger partial charge >= 0.3 is 0 Å². The van der Waals surface area contributed by atoms with Gasteiger partial charge in [0.1, 0.15) is 6.04 Å². The fourth-order valence-corrected chi connectivity index (χ4v) is 5.41. The molecule has 7 heteroatoms. The molecule has 1 aliphatic rings. The first-order valence-electron chi connectivity index (χ1n) is 12.0. The largest absolute Gasteiger partial charge is 0.350 e. The van der Waals surface area contributed by atoms with Crippen LogP contribution in [0.3, 0.4) is 0 Å². The van der Waals surface area contributed by atoms with E-state index in [1.807, 2.05) is 19.9 Å². The van der Waals surface area contributed by atoms with Gasteiger partial charge in [-0.25, -0.2) is 4.98 Å². The summed E-state index contributed by atoms with van der Waals surface area (Å²) in [5.74, 6) is 0.369. The van der Waals surface area contributed by atoms with Crippen LogP contribution in [-0.2, 0) is 16.0 Å². The van der Waals surface area contributed by atoms with Crippen LogP contribution in [0.2, 0.25) is 0 Å². The molecule has 4 N–H and O–H groups in total. The number of hydrogen-bond acceptors (Lipinski definition) is 5. The molecular formula is C25H38N4O2S. The van der Waals surface area contributed by atoms with Crippen LogP contribution in [0.15, 0.2) is 18.2 Å². The molecule has 1 aromatic carbocycles. The van der Waals surface area contributed by atoms with Crippen LogP contribution in [0.5, 0.6) is 0 Å². The first-order chi connectivity index (χ1) is 15.3. The average Bonchev–Trinajstić information content (AvgIpc) is 3.18. The van der Waals surface area contributed by atoms with Crippen molar-refractivity contribution in [2.75, 3.05) is 6.54 Å². The van der Waals surface area contributed by atoms with E-state index >= 15 is 0 Å². The lowest BCUT2D eigenvalue weighted by Gasteiger charge is -2.31. The molecule has 6 nitrogen and oxygen atoms in total. The standard InChI is InChI=1S/C25H38N4O2S/c1-15(2)18-10-11-19-22(12-18)32-23(27-19)13-20(28-24(30)16(3)4)25(31)29-21(14-26)17-8-6-5-7-9-17/h10-12,15-17,20-21H,5-9,13-14,26H2,1-4H3,(H,28,30)(H,29,31)/t20-,21+/m0/s1. The Hall–Kier alpha value is -1.99. The zero-order valence-electron chi connectivity index (χ0n) is 19.8. The third kappa shape index (κ3) is 6.29.